The van der Waals surface area contributed by atoms with E-state index < -0.39 is 11.4 Å². The summed E-state index contributed by atoms with van der Waals surface area (Å²) in [6.45, 7) is 13.7. The van der Waals surface area contributed by atoms with Crippen LogP contribution in [0, 0.1) is 12.7 Å². The topological polar surface area (TPSA) is 84.2 Å². The molecule has 4 heterocycles. The molecule has 1 fully saturated rings. The minimum atomic E-state index is -0.520. The summed E-state index contributed by atoms with van der Waals surface area (Å²) < 4.78 is 27.6. The number of ether oxygens (including phenoxy) is 2. The Bertz CT molecular complexity index is 1330. The molecule has 1 aliphatic heterocycles. The molecule has 0 atom stereocenters. The van der Waals surface area contributed by atoms with Crippen molar-refractivity contribution in [3.63, 3.8) is 0 Å². The molecule has 0 spiro atoms. The number of anilines is 2. The molecule has 0 aliphatic carbocycles. The van der Waals surface area contributed by atoms with Crippen molar-refractivity contribution in [2.45, 2.75) is 47.1 Å². The van der Waals surface area contributed by atoms with Crippen LogP contribution in [0.2, 0.25) is 0 Å². The van der Waals surface area contributed by atoms with Gasteiger partial charge in [-0.1, -0.05) is 5.57 Å². The van der Waals surface area contributed by atoms with Crippen LogP contribution in [0.5, 0.6) is 5.75 Å². The van der Waals surface area contributed by atoms with Gasteiger partial charge in [0.2, 0.25) is 0 Å². The van der Waals surface area contributed by atoms with Crippen molar-refractivity contribution in [1.29, 1.82) is 0 Å². The lowest BCUT2D eigenvalue weighted by molar-refractivity contribution is 0.0240. The predicted molar refractivity (Wildman–Crippen MR) is 143 cm³/mol. The van der Waals surface area contributed by atoms with Gasteiger partial charge in [-0.2, -0.15) is 0 Å². The average molecular weight is 511 g/mol. The summed E-state index contributed by atoms with van der Waals surface area (Å²) in [5.74, 6) is 0.690. The second kappa shape index (κ2) is 10.3. The van der Waals surface area contributed by atoms with Crippen molar-refractivity contribution in [3.05, 3.63) is 53.4 Å². The van der Waals surface area contributed by atoms with E-state index in [1.165, 1.54) is 6.07 Å². The summed E-state index contributed by atoms with van der Waals surface area (Å²) in [5.41, 5.74) is 3.78. The number of halogens is 1. The number of nitrogens with zero attached hydrogens (tertiary/aromatic N) is 5. The van der Waals surface area contributed by atoms with E-state index in [4.69, 9.17) is 9.47 Å². The van der Waals surface area contributed by atoms with Gasteiger partial charge in [0.05, 0.1) is 24.7 Å². The largest absolute Gasteiger partial charge is 0.493 e. The summed E-state index contributed by atoms with van der Waals surface area (Å²) in [6, 6.07) is 3.40. The molecule has 3 aromatic rings. The Hall–Kier alpha value is -3.82. The lowest BCUT2D eigenvalue weighted by Gasteiger charge is -2.36. The Morgan fingerprint density at radius 1 is 1.11 bits per heavy atom. The maximum absolute atomic E-state index is 14.8. The standard InChI is InChI=1S/C27H35FN6O3/c1-17(2)23(19-12-21(28)25-30-18(3)15-34(25)16-19)31-24-22(36-7)13-20(14-29-24)32-8-10-33(11-9-32)26(35)37-27(4,5)6/h12-16H,8-11H2,1-7H3,(H,29,31). The predicted octanol–water partition coefficient (Wildman–Crippen LogP) is 5.11. The highest BCUT2D eigenvalue weighted by atomic mass is 19.1. The molecular weight excluding hydrogens is 475 g/mol. The number of hydrogen-bond acceptors (Lipinski definition) is 7. The first-order valence-electron chi connectivity index (χ1n) is 12.3. The summed E-state index contributed by atoms with van der Waals surface area (Å²) in [4.78, 5) is 25.1. The molecule has 1 saturated heterocycles. The van der Waals surface area contributed by atoms with Crippen LogP contribution in [0.3, 0.4) is 0 Å². The zero-order valence-corrected chi connectivity index (χ0v) is 22.6. The molecule has 198 valence electrons. The second-order valence-corrected chi connectivity index (χ2v) is 10.4. The Morgan fingerprint density at radius 2 is 1.81 bits per heavy atom. The third-order valence-corrected chi connectivity index (χ3v) is 6.01. The van der Waals surface area contributed by atoms with Crippen molar-refractivity contribution in [3.8, 4) is 5.75 Å². The number of carbonyl (C=O) groups is 1. The Kier molecular flexibility index (Phi) is 7.29. The quantitative estimate of drug-likeness (QED) is 0.511. The zero-order valence-electron chi connectivity index (χ0n) is 22.6. The molecule has 0 saturated carbocycles. The molecular formula is C27H35FN6O3. The van der Waals surface area contributed by atoms with E-state index in [2.05, 4.69) is 20.2 Å². The van der Waals surface area contributed by atoms with E-state index >= 15 is 0 Å². The second-order valence-electron chi connectivity index (χ2n) is 10.4. The van der Waals surface area contributed by atoms with Crippen LogP contribution >= 0.6 is 0 Å². The number of aryl methyl sites for hydroxylation is 1. The molecule has 1 N–H and O–H groups in total. The number of carbonyl (C=O) groups excluding carboxylic acids is 1. The van der Waals surface area contributed by atoms with Crippen LogP contribution in [-0.4, -0.2) is 64.3 Å². The third-order valence-electron chi connectivity index (χ3n) is 6.01. The number of imidazole rings is 1. The molecule has 37 heavy (non-hydrogen) atoms. The van der Waals surface area contributed by atoms with Gasteiger partial charge in [-0.15, -0.1) is 0 Å². The van der Waals surface area contributed by atoms with Gasteiger partial charge >= 0.3 is 6.09 Å². The number of methoxy groups -OCH3 is 1. The number of hydrogen-bond donors (Lipinski definition) is 1. The first-order chi connectivity index (χ1) is 17.4. The smallest absolute Gasteiger partial charge is 0.410 e. The number of pyridine rings is 2. The van der Waals surface area contributed by atoms with Crippen LogP contribution in [0.15, 0.2) is 36.3 Å². The Balaban J connectivity index is 1.52. The number of nitrogens with one attached hydrogen (secondary N) is 1. The van der Waals surface area contributed by atoms with Crippen LogP contribution in [0.4, 0.5) is 20.7 Å². The van der Waals surface area contributed by atoms with Gasteiger partial charge in [0.15, 0.2) is 23.0 Å². The Morgan fingerprint density at radius 3 is 2.43 bits per heavy atom. The molecule has 0 radical (unpaired) electrons. The van der Waals surface area contributed by atoms with E-state index in [9.17, 15) is 9.18 Å². The fourth-order valence-electron chi connectivity index (χ4n) is 4.25. The highest BCUT2D eigenvalue weighted by molar-refractivity contribution is 5.80. The lowest BCUT2D eigenvalue weighted by atomic mass is 10.1. The maximum Gasteiger partial charge on any atom is 0.410 e. The third kappa shape index (κ3) is 5.95. The minimum Gasteiger partial charge on any atom is -0.493 e. The molecule has 0 aromatic carbocycles. The number of piperazine rings is 1. The van der Waals surface area contributed by atoms with E-state index in [0.717, 1.165) is 22.7 Å². The van der Waals surface area contributed by atoms with Crippen molar-refractivity contribution < 1.29 is 18.7 Å². The van der Waals surface area contributed by atoms with Crippen molar-refractivity contribution in [2.75, 3.05) is 43.5 Å². The number of rotatable bonds is 5. The summed E-state index contributed by atoms with van der Waals surface area (Å²) >= 11 is 0. The first-order valence-corrected chi connectivity index (χ1v) is 12.3. The summed E-state index contributed by atoms with van der Waals surface area (Å²) in [7, 11) is 1.59. The highest BCUT2D eigenvalue weighted by Crippen LogP contribution is 2.32. The van der Waals surface area contributed by atoms with Crippen LogP contribution in [-0.2, 0) is 4.74 Å². The monoisotopic (exact) mass is 510 g/mol. The Labute approximate surface area is 216 Å². The number of amides is 1. The van der Waals surface area contributed by atoms with Gasteiger partial charge in [0.1, 0.15) is 5.60 Å². The van der Waals surface area contributed by atoms with Crippen molar-refractivity contribution in [1.82, 2.24) is 19.3 Å². The van der Waals surface area contributed by atoms with Gasteiger partial charge in [0, 0.05) is 55.9 Å². The van der Waals surface area contributed by atoms with Crippen LogP contribution in [0.1, 0.15) is 45.9 Å². The van der Waals surface area contributed by atoms with Gasteiger partial charge in [-0.25, -0.2) is 19.2 Å². The molecule has 1 amide bonds. The zero-order chi connectivity index (χ0) is 26.9. The van der Waals surface area contributed by atoms with Gasteiger partial charge in [-0.3, -0.25) is 0 Å². The van der Waals surface area contributed by atoms with E-state index in [-0.39, 0.29) is 6.09 Å². The molecule has 9 nitrogen and oxygen atoms in total. The van der Waals surface area contributed by atoms with Gasteiger partial charge in [0.25, 0.3) is 0 Å². The van der Waals surface area contributed by atoms with E-state index in [1.54, 1.807) is 28.8 Å². The summed E-state index contributed by atoms with van der Waals surface area (Å²) in [6.07, 6.45) is 5.12. The first kappa shape index (κ1) is 26.2. The average Bonchev–Trinajstić information content (AvgIpc) is 3.22. The molecule has 4 rings (SSSR count). The minimum absolute atomic E-state index is 0.293. The van der Waals surface area contributed by atoms with Gasteiger partial charge < -0.3 is 29.0 Å². The SMILES string of the molecule is COc1cc(N2CCN(C(=O)OC(C)(C)C)CC2)cnc1NC(=C(C)C)c1cc(F)c2nc(C)cn2c1. The molecule has 10 heteroatoms. The normalized spacial score (nSPS) is 14.1. The van der Waals surface area contributed by atoms with Gasteiger partial charge in [-0.05, 0) is 47.6 Å². The highest BCUT2D eigenvalue weighted by Gasteiger charge is 2.26. The molecule has 1 aliphatic rings. The summed E-state index contributed by atoms with van der Waals surface area (Å²) in [5, 5.41) is 3.34. The number of allylic oxidation sites excluding steroid dienone is 1. The van der Waals surface area contributed by atoms with Crippen LogP contribution < -0.4 is 15.0 Å². The number of fused-ring (bicyclic) bond motifs is 1. The van der Waals surface area contributed by atoms with E-state index in [0.29, 0.717) is 49.0 Å². The van der Waals surface area contributed by atoms with Crippen molar-refractivity contribution in [2.24, 2.45) is 0 Å². The maximum atomic E-state index is 14.8. The molecule has 0 unspecified atom stereocenters. The van der Waals surface area contributed by atoms with Crippen LogP contribution in [0.25, 0.3) is 11.3 Å². The lowest BCUT2D eigenvalue weighted by Crippen LogP contribution is -2.50. The fourth-order valence-corrected chi connectivity index (χ4v) is 4.25. The van der Waals surface area contributed by atoms with E-state index in [1.807, 2.05) is 53.8 Å². The fraction of sp³-hybridized carbons (Fsp3) is 0.444. The molecule has 0 bridgehead atoms. The number of aromatic nitrogens is 3. The molecule has 3 aromatic heterocycles. The van der Waals surface area contributed by atoms with Crippen molar-refractivity contribution >= 4 is 28.9 Å².